The Morgan fingerprint density at radius 2 is 2.25 bits per heavy atom. The van der Waals surface area contributed by atoms with Crippen molar-refractivity contribution < 1.29 is 4.79 Å². The monoisotopic (exact) mass is 238 g/mol. The molecule has 2 rings (SSSR count). The van der Waals surface area contributed by atoms with Crippen molar-refractivity contribution in [3.05, 3.63) is 16.1 Å². The summed E-state index contributed by atoms with van der Waals surface area (Å²) in [6.07, 6.45) is 2.89. The number of thiazole rings is 1. The smallest absolute Gasteiger partial charge is 0.136 e. The first kappa shape index (κ1) is 11.7. The molecule has 2 heterocycles. The van der Waals surface area contributed by atoms with Gasteiger partial charge in [0, 0.05) is 11.3 Å². The fourth-order valence-corrected chi connectivity index (χ4v) is 3.06. The molecule has 0 radical (unpaired) electrons. The number of carbonyl (C=O) groups excluding carboxylic acids is 1. The number of carbonyl (C=O) groups is 1. The summed E-state index contributed by atoms with van der Waals surface area (Å²) in [5.74, 6) is 0.803. The highest BCUT2D eigenvalue weighted by atomic mass is 32.1. The zero-order chi connectivity index (χ0) is 11.5. The van der Waals surface area contributed by atoms with E-state index in [0.717, 1.165) is 18.1 Å². The summed E-state index contributed by atoms with van der Waals surface area (Å²) in [4.78, 5) is 17.9. The van der Waals surface area contributed by atoms with Gasteiger partial charge in [0.2, 0.25) is 0 Å². The predicted molar refractivity (Wildman–Crippen MR) is 66.0 cm³/mol. The highest BCUT2D eigenvalue weighted by molar-refractivity contribution is 7.09. The predicted octanol–water partition coefficient (Wildman–Crippen LogP) is 2.08. The number of aromatic nitrogens is 1. The summed E-state index contributed by atoms with van der Waals surface area (Å²) < 4.78 is 0. The highest BCUT2D eigenvalue weighted by Gasteiger charge is 2.20. The maximum atomic E-state index is 11.0. The number of nitrogens with zero attached hydrogens (tertiary/aromatic N) is 2. The minimum absolute atomic E-state index is 0.198. The Morgan fingerprint density at radius 1 is 1.56 bits per heavy atom. The molecule has 0 amide bonds. The van der Waals surface area contributed by atoms with Crippen LogP contribution in [0.1, 0.15) is 36.4 Å². The van der Waals surface area contributed by atoms with Gasteiger partial charge in [-0.15, -0.1) is 11.3 Å². The van der Waals surface area contributed by atoms with Gasteiger partial charge in [-0.25, -0.2) is 4.98 Å². The second-order valence-corrected chi connectivity index (χ2v) is 5.57. The van der Waals surface area contributed by atoms with Gasteiger partial charge in [0.15, 0.2) is 0 Å². The standard InChI is InChI=1S/C12H18N2OS/c1-9(15)7-12-13-11(8-16-12)10-3-5-14(2)6-4-10/h8,10H,3-7H2,1-2H3. The Bertz CT molecular complexity index is 367. The lowest BCUT2D eigenvalue weighted by molar-refractivity contribution is -0.116. The van der Waals surface area contributed by atoms with E-state index in [2.05, 4.69) is 22.3 Å². The van der Waals surface area contributed by atoms with Crippen LogP contribution in [0.4, 0.5) is 0 Å². The van der Waals surface area contributed by atoms with E-state index in [-0.39, 0.29) is 5.78 Å². The van der Waals surface area contributed by atoms with Crippen molar-refractivity contribution in [3.63, 3.8) is 0 Å². The lowest BCUT2D eigenvalue weighted by atomic mass is 9.95. The van der Waals surface area contributed by atoms with E-state index in [1.54, 1.807) is 18.3 Å². The molecule has 0 spiro atoms. The Morgan fingerprint density at radius 3 is 2.88 bits per heavy atom. The van der Waals surface area contributed by atoms with Crippen molar-refractivity contribution in [3.8, 4) is 0 Å². The van der Waals surface area contributed by atoms with E-state index in [1.807, 2.05) is 0 Å². The third kappa shape index (κ3) is 2.89. The maximum absolute atomic E-state index is 11.0. The molecule has 0 unspecified atom stereocenters. The fourth-order valence-electron chi connectivity index (χ4n) is 2.11. The molecule has 4 heteroatoms. The number of rotatable bonds is 3. The van der Waals surface area contributed by atoms with Gasteiger partial charge in [-0.2, -0.15) is 0 Å². The van der Waals surface area contributed by atoms with Crippen molar-refractivity contribution >= 4 is 17.1 Å². The van der Waals surface area contributed by atoms with Crippen LogP contribution in [0, 0.1) is 0 Å². The molecular weight excluding hydrogens is 220 g/mol. The molecule has 1 fully saturated rings. The molecule has 0 bridgehead atoms. The molecule has 1 aromatic heterocycles. The Kier molecular flexibility index (Phi) is 3.71. The fraction of sp³-hybridized carbons (Fsp3) is 0.667. The summed E-state index contributed by atoms with van der Waals surface area (Å²) in [6.45, 7) is 3.94. The van der Waals surface area contributed by atoms with E-state index < -0.39 is 0 Å². The largest absolute Gasteiger partial charge is 0.306 e. The van der Waals surface area contributed by atoms with Crippen LogP contribution in [0.3, 0.4) is 0 Å². The Hall–Kier alpha value is -0.740. The van der Waals surface area contributed by atoms with Gasteiger partial charge in [0.1, 0.15) is 10.8 Å². The summed E-state index contributed by atoms with van der Waals surface area (Å²) >= 11 is 1.63. The second kappa shape index (κ2) is 5.06. The van der Waals surface area contributed by atoms with Crippen LogP contribution in [0.15, 0.2) is 5.38 Å². The minimum atomic E-state index is 0.198. The van der Waals surface area contributed by atoms with Gasteiger partial charge in [0.25, 0.3) is 0 Å². The molecule has 88 valence electrons. The number of likely N-dealkylation sites (tertiary alicyclic amines) is 1. The molecule has 1 aromatic rings. The van der Waals surface area contributed by atoms with Gasteiger partial charge in [-0.1, -0.05) is 0 Å². The van der Waals surface area contributed by atoms with E-state index in [0.29, 0.717) is 12.3 Å². The lowest BCUT2D eigenvalue weighted by Crippen LogP contribution is -2.29. The first-order chi connectivity index (χ1) is 7.65. The van der Waals surface area contributed by atoms with Gasteiger partial charge in [-0.05, 0) is 39.9 Å². The van der Waals surface area contributed by atoms with Crippen LogP contribution in [0.2, 0.25) is 0 Å². The van der Waals surface area contributed by atoms with Gasteiger partial charge < -0.3 is 4.90 Å². The summed E-state index contributed by atoms with van der Waals surface area (Å²) in [5, 5.41) is 3.11. The third-order valence-corrected chi connectivity index (χ3v) is 3.97. The van der Waals surface area contributed by atoms with Gasteiger partial charge in [0.05, 0.1) is 12.1 Å². The van der Waals surface area contributed by atoms with Crippen LogP contribution in [-0.2, 0) is 11.2 Å². The SMILES string of the molecule is CC(=O)Cc1nc(C2CCN(C)CC2)cs1. The quantitative estimate of drug-likeness (QED) is 0.808. The Balaban J connectivity index is 1.99. The average Bonchev–Trinajstić information content (AvgIpc) is 2.66. The molecule has 0 aromatic carbocycles. The molecule has 16 heavy (non-hydrogen) atoms. The molecule has 1 aliphatic rings. The number of hydrogen-bond acceptors (Lipinski definition) is 4. The van der Waals surface area contributed by atoms with E-state index >= 15 is 0 Å². The normalized spacial score (nSPS) is 18.9. The zero-order valence-electron chi connectivity index (χ0n) is 9.90. The second-order valence-electron chi connectivity index (χ2n) is 4.62. The molecule has 0 N–H and O–H groups in total. The average molecular weight is 238 g/mol. The van der Waals surface area contributed by atoms with Crippen LogP contribution in [0.5, 0.6) is 0 Å². The molecule has 1 aliphatic heterocycles. The first-order valence-electron chi connectivity index (χ1n) is 5.77. The number of Topliss-reactive ketones (excluding diaryl/α,β-unsaturated/α-hetero) is 1. The van der Waals surface area contributed by atoms with E-state index in [1.165, 1.54) is 18.5 Å². The van der Waals surface area contributed by atoms with Crippen LogP contribution >= 0.6 is 11.3 Å². The summed E-state index contributed by atoms with van der Waals surface area (Å²) in [6, 6.07) is 0. The molecule has 0 aliphatic carbocycles. The molecule has 1 saturated heterocycles. The first-order valence-corrected chi connectivity index (χ1v) is 6.65. The molecular formula is C12H18N2OS. The third-order valence-electron chi connectivity index (χ3n) is 3.11. The maximum Gasteiger partial charge on any atom is 0.136 e. The van der Waals surface area contributed by atoms with Crippen LogP contribution < -0.4 is 0 Å². The highest BCUT2D eigenvalue weighted by Crippen LogP contribution is 2.28. The molecule has 3 nitrogen and oxygen atoms in total. The summed E-state index contributed by atoms with van der Waals surface area (Å²) in [5.41, 5.74) is 1.20. The molecule has 0 saturated carbocycles. The summed E-state index contributed by atoms with van der Waals surface area (Å²) in [7, 11) is 2.17. The van der Waals surface area contributed by atoms with Crippen molar-refractivity contribution in [2.75, 3.05) is 20.1 Å². The Labute approximate surface area is 100 Å². The minimum Gasteiger partial charge on any atom is -0.306 e. The van der Waals surface area contributed by atoms with Crippen molar-refractivity contribution in [1.29, 1.82) is 0 Å². The number of ketones is 1. The number of hydrogen-bond donors (Lipinski definition) is 0. The van der Waals surface area contributed by atoms with E-state index in [9.17, 15) is 4.79 Å². The van der Waals surface area contributed by atoms with Crippen molar-refractivity contribution in [2.24, 2.45) is 0 Å². The van der Waals surface area contributed by atoms with Crippen molar-refractivity contribution in [1.82, 2.24) is 9.88 Å². The zero-order valence-corrected chi connectivity index (χ0v) is 10.7. The van der Waals surface area contributed by atoms with Crippen LogP contribution in [0.25, 0.3) is 0 Å². The topological polar surface area (TPSA) is 33.2 Å². The van der Waals surface area contributed by atoms with Gasteiger partial charge in [-0.3, -0.25) is 4.79 Å². The lowest BCUT2D eigenvalue weighted by Gasteiger charge is -2.27. The van der Waals surface area contributed by atoms with E-state index in [4.69, 9.17) is 0 Å². The molecule has 0 atom stereocenters. The number of piperidine rings is 1. The van der Waals surface area contributed by atoms with Crippen molar-refractivity contribution in [2.45, 2.75) is 32.1 Å². The van der Waals surface area contributed by atoms with Gasteiger partial charge >= 0.3 is 0 Å². The van der Waals surface area contributed by atoms with Crippen LogP contribution in [-0.4, -0.2) is 35.8 Å².